The van der Waals surface area contributed by atoms with Crippen molar-refractivity contribution in [2.45, 2.75) is 0 Å². The lowest BCUT2D eigenvalue weighted by atomic mass is 10.1. The molecule has 0 aliphatic carbocycles. The lowest BCUT2D eigenvalue weighted by Crippen LogP contribution is -2.19. The van der Waals surface area contributed by atoms with E-state index in [-0.39, 0.29) is 6.54 Å². The van der Waals surface area contributed by atoms with Crippen LogP contribution in [0.3, 0.4) is 0 Å². The second-order valence-electron chi connectivity index (χ2n) is 2.84. The summed E-state index contributed by atoms with van der Waals surface area (Å²) in [5.74, 6) is -6.96. The monoisotopic (exact) mass is 219 g/mol. The van der Waals surface area contributed by atoms with Crippen LogP contribution >= 0.6 is 0 Å². The SMILES string of the molecule is CNCC(=O)c1cc(F)c(F)c(F)c1O. The standard InChI is InChI=1S/C9H8F3NO2/c1-13-3-6(14)4-2-5(10)7(11)8(12)9(4)15/h2,13,15H,3H2,1H3. The van der Waals surface area contributed by atoms with Crippen LogP contribution in [0.1, 0.15) is 10.4 Å². The zero-order valence-corrected chi connectivity index (χ0v) is 7.77. The predicted molar refractivity (Wildman–Crippen MR) is 46.2 cm³/mol. The van der Waals surface area contributed by atoms with Gasteiger partial charge in [-0.3, -0.25) is 4.79 Å². The number of hydrogen-bond donors (Lipinski definition) is 2. The van der Waals surface area contributed by atoms with Crippen LogP contribution in [-0.4, -0.2) is 24.5 Å². The van der Waals surface area contributed by atoms with Crippen LogP contribution in [0.2, 0.25) is 0 Å². The zero-order chi connectivity index (χ0) is 11.6. The first kappa shape index (κ1) is 11.5. The maximum Gasteiger partial charge on any atom is 0.204 e. The van der Waals surface area contributed by atoms with E-state index in [9.17, 15) is 18.0 Å². The fraction of sp³-hybridized carbons (Fsp3) is 0.222. The fourth-order valence-electron chi connectivity index (χ4n) is 1.05. The Hall–Kier alpha value is -1.56. The van der Waals surface area contributed by atoms with Crippen LogP contribution in [0, 0.1) is 17.5 Å². The number of Topliss-reactive ketones (excluding diaryl/α,β-unsaturated/α-hetero) is 1. The molecule has 1 aromatic carbocycles. The third kappa shape index (κ3) is 2.10. The average Bonchev–Trinajstić information content (AvgIpc) is 2.20. The molecule has 82 valence electrons. The van der Waals surface area contributed by atoms with Crippen molar-refractivity contribution in [3.8, 4) is 5.75 Å². The third-order valence-electron chi connectivity index (χ3n) is 1.77. The number of ketones is 1. The second kappa shape index (κ2) is 4.31. The molecular formula is C9H8F3NO2. The maximum absolute atomic E-state index is 12.8. The van der Waals surface area contributed by atoms with E-state index < -0.39 is 34.5 Å². The van der Waals surface area contributed by atoms with Gasteiger partial charge in [0.2, 0.25) is 5.82 Å². The number of nitrogens with one attached hydrogen (secondary N) is 1. The summed E-state index contributed by atoms with van der Waals surface area (Å²) < 4.78 is 38.1. The molecule has 0 heterocycles. The fourth-order valence-corrected chi connectivity index (χ4v) is 1.05. The van der Waals surface area contributed by atoms with Crippen LogP contribution in [0.4, 0.5) is 13.2 Å². The highest BCUT2D eigenvalue weighted by Gasteiger charge is 2.21. The average molecular weight is 219 g/mol. The zero-order valence-electron chi connectivity index (χ0n) is 7.77. The van der Waals surface area contributed by atoms with Gasteiger partial charge >= 0.3 is 0 Å². The molecule has 1 rings (SSSR count). The maximum atomic E-state index is 12.8. The molecule has 0 atom stereocenters. The van der Waals surface area contributed by atoms with E-state index in [1.54, 1.807) is 0 Å². The van der Waals surface area contributed by atoms with E-state index in [1.165, 1.54) is 7.05 Å². The van der Waals surface area contributed by atoms with Gasteiger partial charge in [0.25, 0.3) is 0 Å². The van der Waals surface area contributed by atoms with Crippen LogP contribution in [0.15, 0.2) is 6.07 Å². The van der Waals surface area contributed by atoms with Gasteiger partial charge in [-0.2, -0.15) is 4.39 Å². The molecule has 0 aliphatic heterocycles. The van der Waals surface area contributed by atoms with Crippen molar-refractivity contribution in [3.05, 3.63) is 29.1 Å². The summed E-state index contributed by atoms with van der Waals surface area (Å²) in [6.45, 7) is -0.210. The summed E-state index contributed by atoms with van der Waals surface area (Å²) >= 11 is 0. The number of carbonyl (C=O) groups is 1. The number of carbonyl (C=O) groups excluding carboxylic acids is 1. The molecule has 3 nitrogen and oxygen atoms in total. The summed E-state index contributed by atoms with van der Waals surface area (Å²) in [7, 11) is 1.45. The van der Waals surface area contributed by atoms with Crippen molar-refractivity contribution >= 4 is 5.78 Å². The van der Waals surface area contributed by atoms with Gasteiger partial charge in [-0.1, -0.05) is 0 Å². The number of phenols is 1. The lowest BCUT2D eigenvalue weighted by Gasteiger charge is -2.05. The van der Waals surface area contributed by atoms with Crippen molar-refractivity contribution in [1.29, 1.82) is 0 Å². The number of halogens is 3. The molecule has 0 bridgehead atoms. The normalized spacial score (nSPS) is 10.4. The minimum atomic E-state index is -1.80. The predicted octanol–water partition coefficient (Wildman–Crippen LogP) is 1.21. The van der Waals surface area contributed by atoms with Gasteiger partial charge in [-0.15, -0.1) is 0 Å². The van der Waals surface area contributed by atoms with Crippen molar-refractivity contribution in [1.82, 2.24) is 5.32 Å². The van der Waals surface area contributed by atoms with Gasteiger partial charge in [-0.25, -0.2) is 8.78 Å². The second-order valence-corrected chi connectivity index (χ2v) is 2.84. The molecule has 0 unspecified atom stereocenters. The third-order valence-corrected chi connectivity index (χ3v) is 1.77. The lowest BCUT2D eigenvalue weighted by molar-refractivity contribution is 0.0989. The molecule has 0 aliphatic rings. The van der Waals surface area contributed by atoms with Crippen LogP contribution in [-0.2, 0) is 0 Å². The molecule has 2 N–H and O–H groups in total. The van der Waals surface area contributed by atoms with Crippen LogP contribution in [0.5, 0.6) is 5.75 Å². The van der Waals surface area contributed by atoms with Crippen molar-refractivity contribution < 1.29 is 23.1 Å². The quantitative estimate of drug-likeness (QED) is 0.593. The van der Waals surface area contributed by atoms with E-state index >= 15 is 0 Å². The summed E-state index contributed by atoms with van der Waals surface area (Å²) in [4.78, 5) is 11.2. The molecule has 0 fully saturated rings. The van der Waals surface area contributed by atoms with E-state index in [0.29, 0.717) is 6.07 Å². The molecule has 0 spiro atoms. The van der Waals surface area contributed by atoms with Crippen molar-refractivity contribution in [3.63, 3.8) is 0 Å². The molecule has 15 heavy (non-hydrogen) atoms. The van der Waals surface area contributed by atoms with E-state index in [1.807, 2.05) is 0 Å². The van der Waals surface area contributed by atoms with Crippen molar-refractivity contribution in [2.24, 2.45) is 0 Å². The summed E-state index contributed by atoms with van der Waals surface area (Å²) in [5, 5.41) is 11.5. The van der Waals surface area contributed by atoms with Gasteiger partial charge in [0.1, 0.15) is 0 Å². The van der Waals surface area contributed by atoms with Crippen LogP contribution in [0.25, 0.3) is 0 Å². The number of benzene rings is 1. The Morgan fingerprint density at radius 2 is 2.00 bits per heavy atom. The number of hydrogen-bond acceptors (Lipinski definition) is 3. The summed E-state index contributed by atoms with van der Waals surface area (Å²) in [6.07, 6.45) is 0. The molecule has 0 saturated carbocycles. The number of likely N-dealkylation sites (N-methyl/N-ethyl adjacent to an activating group) is 1. The van der Waals surface area contributed by atoms with E-state index in [4.69, 9.17) is 5.11 Å². The molecule has 0 aromatic heterocycles. The number of phenolic OH excluding ortho intramolecular Hbond substituents is 1. The summed E-state index contributed by atoms with van der Waals surface area (Å²) in [6, 6.07) is 0.466. The van der Waals surface area contributed by atoms with Gasteiger partial charge in [0.05, 0.1) is 12.1 Å². The Kier molecular flexibility index (Phi) is 3.31. The first-order chi connectivity index (χ1) is 6.99. The summed E-state index contributed by atoms with van der Waals surface area (Å²) in [5.41, 5.74) is -0.583. The molecule has 0 amide bonds. The topological polar surface area (TPSA) is 49.3 Å². The Morgan fingerprint density at radius 1 is 1.40 bits per heavy atom. The first-order valence-electron chi connectivity index (χ1n) is 4.03. The minimum absolute atomic E-state index is 0.210. The molecule has 1 aromatic rings. The Morgan fingerprint density at radius 3 is 2.53 bits per heavy atom. The number of aromatic hydroxyl groups is 1. The first-order valence-corrected chi connectivity index (χ1v) is 4.03. The highest BCUT2D eigenvalue weighted by Crippen LogP contribution is 2.26. The molecular weight excluding hydrogens is 211 g/mol. The smallest absolute Gasteiger partial charge is 0.204 e. The molecule has 0 radical (unpaired) electrons. The largest absolute Gasteiger partial charge is 0.504 e. The van der Waals surface area contributed by atoms with Gasteiger partial charge < -0.3 is 10.4 Å². The highest BCUT2D eigenvalue weighted by atomic mass is 19.2. The Balaban J connectivity index is 3.26. The van der Waals surface area contributed by atoms with Gasteiger partial charge in [0.15, 0.2) is 23.2 Å². The molecule has 6 heteroatoms. The minimum Gasteiger partial charge on any atom is -0.504 e. The number of rotatable bonds is 3. The highest BCUT2D eigenvalue weighted by molar-refractivity contribution is 6.00. The Labute approximate surface area is 83.5 Å². The van der Waals surface area contributed by atoms with Gasteiger partial charge in [-0.05, 0) is 13.1 Å². The van der Waals surface area contributed by atoms with Crippen molar-refractivity contribution in [2.75, 3.05) is 13.6 Å². The molecule has 0 saturated heterocycles. The van der Waals surface area contributed by atoms with Gasteiger partial charge in [0, 0.05) is 0 Å². The Bertz CT molecular complexity index is 407. The van der Waals surface area contributed by atoms with E-state index in [2.05, 4.69) is 5.32 Å². The van der Waals surface area contributed by atoms with Crippen LogP contribution < -0.4 is 5.32 Å². The van der Waals surface area contributed by atoms with E-state index in [0.717, 1.165) is 0 Å².